The van der Waals surface area contributed by atoms with Crippen molar-refractivity contribution < 1.29 is 4.92 Å². The molecule has 1 aromatic rings. The van der Waals surface area contributed by atoms with Crippen molar-refractivity contribution in [2.24, 2.45) is 0 Å². The molecule has 0 amide bonds. The monoisotopic (exact) mass is 311 g/mol. The van der Waals surface area contributed by atoms with E-state index in [1.165, 1.54) is 0 Å². The minimum Gasteiger partial charge on any atom is -0.258 e. The molecular weight excluding hydrogens is 294 g/mol. The van der Waals surface area contributed by atoms with Gasteiger partial charge in [0.15, 0.2) is 0 Å². The van der Waals surface area contributed by atoms with Gasteiger partial charge in [-0.05, 0) is 35.8 Å². The average Bonchev–Trinajstić information content (AvgIpc) is 2.34. The molecule has 0 N–H and O–H groups in total. The molecule has 1 aliphatic carbocycles. The van der Waals surface area contributed by atoms with Gasteiger partial charge in [-0.1, -0.05) is 43.6 Å². The van der Waals surface area contributed by atoms with Crippen molar-refractivity contribution in [3.63, 3.8) is 0 Å². The van der Waals surface area contributed by atoms with E-state index in [4.69, 9.17) is 0 Å². The van der Waals surface area contributed by atoms with Crippen LogP contribution in [-0.2, 0) is 10.8 Å². The highest BCUT2D eigenvalue weighted by Crippen LogP contribution is 2.54. The number of hydrogen-bond acceptors (Lipinski definition) is 2. The lowest BCUT2D eigenvalue weighted by Gasteiger charge is -2.22. The van der Waals surface area contributed by atoms with Gasteiger partial charge in [0, 0.05) is 15.6 Å². The molecule has 0 bridgehead atoms. The number of hydrogen-bond donors (Lipinski definition) is 0. The Bertz CT molecular complexity index is 547. The van der Waals surface area contributed by atoms with E-state index in [-0.39, 0.29) is 21.4 Å². The first-order chi connectivity index (χ1) is 8.08. The Morgan fingerprint density at radius 2 is 1.83 bits per heavy atom. The molecule has 1 aromatic carbocycles. The van der Waals surface area contributed by atoms with Crippen LogP contribution in [0.2, 0.25) is 0 Å². The molecule has 0 heterocycles. The van der Waals surface area contributed by atoms with Crippen LogP contribution in [0.5, 0.6) is 0 Å². The molecule has 3 nitrogen and oxygen atoms in total. The molecule has 98 valence electrons. The number of fused-ring (bicyclic) bond motifs is 1. The molecule has 0 radical (unpaired) electrons. The zero-order valence-corrected chi connectivity index (χ0v) is 13.0. The average molecular weight is 312 g/mol. The fourth-order valence-electron chi connectivity index (χ4n) is 3.47. The van der Waals surface area contributed by atoms with Gasteiger partial charge in [0.2, 0.25) is 0 Å². The first-order valence-corrected chi connectivity index (χ1v) is 6.86. The van der Waals surface area contributed by atoms with E-state index < -0.39 is 0 Å². The Morgan fingerprint density at radius 1 is 1.28 bits per heavy atom. The Hall–Kier alpha value is -0.900. The van der Waals surface area contributed by atoms with Crippen molar-refractivity contribution >= 4 is 21.6 Å². The summed E-state index contributed by atoms with van der Waals surface area (Å²) >= 11 is 3.45. The van der Waals surface area contributed by atoms with Crippen molar-refractivity contribution in [1.29, 1.82) is 0 Å². The van der Waals surface area contributed by atoms with Gasteiger partial charge in [-0.2, -0.15) is 0 Å². The smallest absolute Gasteiger partial charge is 0.258 e. The summed E-state index contributed by atoms with van der Waals surface area (Å²) < 4.78 is 0.832. The third-order valence-electron chi connectivity index (χ3n) is 3.96. The predicted molar refractivity (Wildman–Crippen MR) is 76.2 cm³/mol. The fraction of sp³-hybridized carbons (Fsp3) is 0.571. The van der Waals surface area contributed by atoms with Gasteiger partial charge in [0.1, 0.15) is 0 Å². The first-order valence-electron chi connectivity index (χ1n) is 6.06. The summed E-state index contributed by atoms with van der Waals surface area (Å²) in [6, 6.07) is 2.06. The van der Waals surface area contributed by atoms with Crippen LogP contribution in [0.3, 0.4) is 0 Å². The standard InChI is InChI=1S/C14H18BrNO2/c1-8-10(15)6-9-11(12(8)16(17)18)14(4,5)7-13(9,2)3/h6H,7H2,1-5H3. The SMILES string of the molecule is Cc1c(Br)cc2c(c1[N+](=O)[O-])C(C)(C)CC2(C)C. The second kappa shape index (κ2) is 3.80. The maximum Gasteiger partial charge on any atom is 0.277 e. The lowest BCUT2D eigenvalue weighted by molar-refractivity contribution is -0.386. The Kier molecular flexibility index (Phi) is 2.85. The van der Waals surface area contributed by atoms with Gasteiger partial charge in [-0.3, -0.25) is 10.1 Å². The van der Waals surface area contributed by atoms with Crippen LogP contribution in [-0.4, -0.2) is 4.92 Å². The highest BCUT2D eigenvalue weighted by molar-refractivity contribution is 9.10. The Morgan fingerprint density at radius 3 is 2.33 bits per heavy atom. The number of nitro groups is 1. The lowest BCUT2D eigenvalue weighted by Crippen LogP contribution is -2.18. The number of nitrogens with zero attached hydrogens (tertiary/aromatic N) is 1. The zero-order valence-electron chi connectivity index (χ0n) is 11.4. The van der Waals surface area contributed by atoms with Gasteiger partial charge in [-0.25, -0.2) is 0 Å². The van der Waals surface area contributed by atoms with E-state index in [1.54, 1.807) is 0 Å². The van der Waals surface area contributed by atoms with Gasteiger partial charge in [0.05, 0.1) is 4.92 Å². The molecule has 0 saturated heterocycles. The van der Waals surface area contributed by atoms with E-state index in [0.717, 1.165) is 27.6 Å². The second-order valence-corrected chi connectivity index (χ2v) is 7.31. The molecule has 0 spiro atoms. The third-order valence-corrected chi connectivity index (χ3v) is 4.79. The van der Waals surface area contributed by atoms with Crippen LogP contribution < -0.4 is 0 Å². The van der Waals surface area contributed by atoms with Crippen LogP contribution in [0.25, 0.3) is 0 Å². The topological polar surface area (TPSA) is 43.1 Å². The molecule has 0 atom stereocenters. The molecule has 4 heteroatoms. The molecule has 0 unspecified atom stereocenters. The molecule has 0 fully saturated rings. The van der Waals surface area contributed by atoms with E-state index in [0.29, 0.717) is 0 Å². The Balaban J connectivity index is 2.90. The highest BCUT2D eigenvalue weighted by Gasteiger charge is 2.47. The van der Waals surface area contributed by atoms with Crippen molar-refractivity contribution in [1.82, 2.24) is 0 Å². The molecule has 1 aliphatic rings. The quantitative estimate of drug-likeness (QED) is 0.561. The third kappa shape index (κ3) is 1.78. The van der Waals surface area contributed by atoms with Crippen LogP contribution in [0, 0.1) is 17.0 Å². The first kappa shape index (κ1) is 13.5. The van der Waals surface area contributed by atoms with Crippen molar-refractivity contribution in [3.8, 4) is 0 Å². The Labute approximate surface area is 116 Å². The van der Waals surface area contributed by atoms with Crippen molar-refractivity contribution in [3.05, 3.63) is 37.3 Å². The van der Waals surface area contributed by atoms with Gasteiger partial charge < -0.3 is 0 Å². The van der Waals surface area contributed by atoms with E-state index in [1.807, 2.05) is 6.92 Å². The largest absolute Gasteiger partial charge is 0.277 e. The molecular formula is C14H18BrNO2. The van der Waals surface area contributed by atoms with Crippen LogP contribution in [0.4, 0.5) is 5.69 Å². The second-order valence-electron chi connectivity index (χ2n) is 6.46. The molecule has 2 rings (SSSR count). The number of rotatable bonds is 1. The zero-order chi connectivity index (χ0) is 13.9. The number of nitro benzene ring substituents is 1. The molecule has 0 aromatic heterocycles. The summed E-state index contributed by atoms with van der Waals surface area (Å²) in [5.74, 6) is 0. The summed E-state index contributed by atoms with van der Waals surface area (Å²) in [6.07, 6.45) is 0.937. The summed E-state index contributed by atoms with van der Waals surface area (Å²) in [5, 5.41) is 11.4. The van der Waals surface area contributed by atoms with Crippen LogP contribution in [0.15, 0.2) is 10.5 Å². The predicted octanol–water partition coefficient (Wildman–Crippen LogP) is 4.62. The lowest BCUT2D eigenvalue weighted by atomic mass is 9.81. The number of benzene rings is 1. The fourth-order valence-corrected chi connectivity index (χ4v) is 3.89. The van der Waals surface area contributed by atoms with E-state index in [2.05, 4.69) is 49.7 Å². The number of halogens is 1. The molecule has 0 saturated carbocycles. The molecule has 18 heavy (non-hydrogen) atoms. The van der Waals surface area contributed by atoms with E-state index in [9.17, 15) is 10.1 Å². The van der Waals surface area contributed by atoms with Gasteiger partial charge in [-0.15, -0.1) is 0 Å². The molecule has 0 aliphatic heterocycles. The minimum absolute atomic E-state index is 0.0141. The van der Waals surface area contributed by atoms with Gasteiger partial charge >= 0.3 is 0 Å². The van der Waals surface area contributed by atoms with Crippen molar-refractivity contribution in [2.45, 2.75) is 51.9 Å². The normalized spacial score (nSPS) is 19.7. The summed E-state index contributed by atoms with van der Waals surface area (Å²) in [4.78, 5) is 11.2. The maximum atomic E-state index is 11.4. The van der Waals surface area contributed by atoms with Crippen LogP contribution in [0.1, 0.15) is 50.8 Å². The van der Waals surface area contributed by atoms with Crippen LogP contribution >= 0.6 is 15.9 Å². The summed E-state index contributed by atoms with van der Waals surface area (Å²) in [7, 11) is 0. The van der Waals surface area contributed by atoms with Gasteiger partial charge in [0.25, 0.3) is 5.69 Å². The van der Waals surface area contributed by atoms with Crippen molar-refractivity contribution in [2.75, 3.05) is 0 Å². The summed E-state index contributed by atoms with van der Waals surface area (Å²) in [6.45, 7) is 10.3. The highest BCUT2D eigenvalue weighted by atomic mass is 79.9. The maximum absolute atomic E-state index is 11.4. The summed E-state index contributed by atoms with van der Waals surface area (Å²) in [5.41, 5.74) is 2.88. The minimum atomic E-state index is -0.234. The van der Waals surface area contributed by atoms with E-state index >= 15 is 0 Å².